The van der Waals surface area contributed by atoms with E-state index in [0.717, 1.165) is 5.56 Å². The molecule has 2 saturated heterocycles. The molecular weight excluding hydrogens is 392 g/mol. The largest absolute Gasteiger partial charge is 0.491 e. The molecule has 1 aromatic heterocycles. The number of hydrogen-bond donors (Lipinski definition) is 2. The number of fused-ring (bicyclic) bond motifs is 1. The predicted molar refractivity (Wildman–Crippen MR) is 106 cm³/mol. The third kappa shape index (κ3) is 3.47. The Kier molecular flexibility index (Phi) is 5.09. The fraction of sp³-hybridized carbons (Fsp3) is 0.524. The lowest BCUT2D eigenvalue weighted by Crippen LogP contribution is -2.54. The normalized spacial score (nSPS) is 29.7. The first-order valence-corrected chi connectivity index (χ1v) is 9.82. The van der Waals surface area contributed by atoms with Crippen LogP contribution in [-0.4, -0.2) is 52.0 Å². The van der Waals surface area contributed by atoms with Gasteiger partial charge in [-0.3, -0.25) is 14.3 Å². The van der Waals surface area contributed by atoms with Gasteiger partial charge in [-0.15, -0.1) is 0 Å². The molecule has 0 bridgehead atoms. The number of hydrogen-bond acceptors (Lipinski definition) is 7. The van der Waals surface area contributed by atoms with E-state index in [9.17, 15) is 14.7 Å². The highest BCUT2D eigenvalue weighted by Gasteiger charge is 2.64. The molecular formula is C21H26N2O7. The summed E-state index contributed by atoms with van der Waals surface area (Å²) in [5.41, 5.74) is -1.35. The Bertz CT molecular complexity index is 1040. The molecule has 0 unspecified atom stereocenters. The molecule has 3 heterocycles. The number of aryl methyl sites for hydroxylation is 2. The average molecular weight is 418 g/mol. The maximum absolute atomic E-state index is 12.6. The first-order chi connectivity index (χ1) is 14.1. The number of nitrogens with zero attached hydrogens (tertiary/aromatic N) is 1. The Morgan fingerprint density at radius 2 is 1.83 bits per heavy atom. The monoisotopic (exact) mass is 418 g/mol. The van der Waals surface area contributed by atoms with Crippen molar-refractivity contribution in [2.24, 2.45) is 0 Å². The number of ether oxygens (including phenoxy) is 4. The van der Waals surface area contributed by atoms with Gasteiger partial charge in [0, 0.05) is 11.8 Å². The molecule has 0 saturated carbocycles. The molecule has 0 radical (unpaired) electrons. The van der Waals surface area contributed by atoms with Crippen molar-refractivity contribution in [2.45, 2.75) is 57.5 Å². The molecule has 4 rings (SSSR count). The molecule has 2 aliphatic heterocycles. The number of H-pyrrole nitrogens is 1. The molecule has 2 aromatic rings. The minimum absolute atomic E-state index is 0.127. The van der Waals surface area contributed by atoms with E-state index in [1.807, 2.05) is 31.2 Å². The zero-order chi connectivity index (χ0) is 21.7. The average Bonchev–Trinajstić information content (AvgIpc) is 3.16. The summed E-state index contributed by atoms with van der Waals surface area (Å²) in [6.07, 6.45) is -0.625. The van der Waals surface area contributed by atoms with Crippen LogP contribution in [-0.2, 0) is 19.9 Å². The van der Waals surface area contributed by atoms with E-state index in [2.05, 4.69) is 4.98 Å². The Balaban J connectivity index is 1.69. The first-order valence-electron chi connectivity index (χ1n) is 9.82. The first kappa shape index (κ1) is 20.8. The van der Waals surface area contributed by atoms with Gasteiger partial charge in [-0.25, -0.2) is 4.79 Å². The molecule has 9 nitrogen and oxygen atoms in total. The van der Waals surface area contributed by atoms with Crippen LogP contribution >= 0.6 is 0 Å². The smallest absolute Gasteiger partial charge is 0.330 e. The van der Waals surface area contributed by atoms with Crippen molar-refractivity contribution in [2.75, 3.05) is 13.2 Å². The van der Waals surface area contributed by atoms with Crippen molar-refractivity contribution < 1.29 is 24.1 Å². The summed E-state index contributed by atoms with van der Waals surface area (Å²) in [4.78, 5) is 26.7. The van der Waals surface area contributed by atoms with Crippen molar-refractivity contribution in [3.05, 3.63) is 62.4 Å². The minimum Gasteiger partial charge on any atom is -0.491 e. The van der Waals surface area contributed by atoms with E-state index >= 15 is 0 Å². The van der Waals surface area contributed by atoms with Gasteiger partial charge in [-0.05, 0) is 39.8 Å². The minimum atomic E-state index is -1.56. The molecule has 2 aliphatic rings. The second-order valence-corrected chi connectivity index (χ2v) is 8.25. The topological polar surface area (TPSA) is 112 Å². The van der Waals surface area contributed by atoms with Gasteiger partial charge in [0.05, 0.1) is 6.61 Å². The number of nitrogens with one attached hydrogen (secondary N) is 1. The third-order valence-electron chi connectivity index (χ3n) is 5.49. The molecule has 2 N–H and O–H groups in total. The second kappa shape index (κ2) is 7.35. The molecule has 30 heavy (non-hydrogen) atoms. The van der Waals surface area contributed by atoms with E-state index in [1.54, 1.807) is 20.8 Å². The highest BCUT2D eigenvalue weighted by molar-refractivity contribution is 5.26. The lowest BCUT2D eigenvalue weighted by molar-refractivity contribution is -0.243. The Labute approximate surface area is 173 Å². The van der Waals surface area contributed by atoms with E-state index in [0.29, 0.717) is 11.3 Å². The summed E-state index contributed by atoms with van der Waals surface area (Å²) in [7, 11) is 0. The van der Waals surface area contributed by atoms with Gasteiger partial charge in [0.1, 0.15) is 30.7 Å². The van der Waals surface area contributed by atoms with Crippen molar-refractivity contribution in [1.29, 1.82) is 0 Å². The Morgan fingerprint density at radius 1 is 1.13 bits per heavy atom. The highest BCUT2D eigenvalue weighted by Crippen LogP contribution is 2.46. The zero-order valence-corrected chi connectivity index (χ0v) is 17.4. The molecule has 0 aliphatic carbocycles. The van der Waals surface area contributed by atoms with E-state index < -0.39 is 47.7 Å². The summed E-state index contributed by atoms with van der Waals surface area (Å²) in [6.45, 7) is 6.64. The lowest BCUT2D eigenvalue weighted by Gasteiger charge is -2.34. The van der Waals surface area contributed by atoms with Gasteiger partial charge in [-0.2, -0.15) is 0 Å². The standard InChI is InChI=1S/C21H26N2O7/c1-12-5-7-14(8-6-12)27-10-15-16-17(30-20(3,4)29-16)21(11-24,28-15)23-9-13(2)18(25)22-19(23)26/h5-9,15-17,24H,10-11H2,1-4H3,(H,22,25,26)/t15-,16-,17-,21+/m1/s1. The summed E-state index contributed by atoms with van der Waals surface area (Å²) < 4.78 is 25.3. The zero-order valence-electron chi connectivity index (χ0n) is 17.4. The summed E-state index contributed by atoms with van der Waals surface area (Å²) in [6, 6.07) is 7.58. The summed E-state index contributed by atoms with van der Waals surface area (Å²) in [5, 5.41) is 10.4. The van der Waals surface area contributed by atoms with Crippen molar-refractivity contribution in [3.8, 4) is 5.75 Å². The van der Waals surface area contributed by atoms with Gasteiger partial charge >= 0.3 is 5.69 Å². The number of aliphatic hydroxyl groups is 1. The molecule has 162 valence electrons. The van der Waals surface area contributed by atoms with Crippen LogP contribution in [0, 0.1) is 13.8 Å². The summed E-state index contributed by atoms with van der Waals surface area (Å²) >= 11 is 0. The van der Waals surface area contributed by atoms with Gasteiger partial charge in [0.25, 0.3) is 5.56 Å². The fourth-order valence-corrected chi connectivity index (χ4v) is 3.99. The number of aromatic nitrogens is 2. The van der Waals surface area contributed by atoms with Crippen LogP contribution in [0.1, 0.15) is 25.0 Å². The maximum atomic E-state index is 12.6. The lowest BCUT2D eigenvalue weighted by atomic mass is 10.0. The van der Waals surface area contributed by atoms with Crippen LogP contribution in [0.2, 0.25) is 0 Å². The number of benzene rings is 1. The maximum Gasteiger partial charge on any atom is 0.330 e. The second-order valence-electron chi connectivity index (χ2n) is 8.25. The van der Waals surface area contributed by atoms with Gasteiger partial charge in [0.15, 0.2) is 5.79 Å². The van der Waals surface area contributed by atoms with Crippen molar-refractivity contribution >= 4 is 0 Å². The quantitative estimate of drug-likeness (QED) is 0.739. The van der Waals surface area contributed by atoms with Crippen LogP contribution in [0.15, 0.2) is 40.1 Å². The van der Waals surface area contributed by atoms with E-state index in [1.165, 1.54) is 10.8 Å². The van der Waals surface area contributed by atoms with Crippen LogP contribution in [0.25, 0.3) is 0 Å². The van der Waals surface area contributed by atoms with Crippen LogP contribution < -0.4 is 16.0 Å². The fourth-order valence-electron chi connectivity index (χ4n) is 3.99. The molecule has 9 heteroatoms. The molecule has 0 amide bonds. The molecule has 1 aromatic carbocycles. The number of aliphatic hydroxyl groups excluding tert-OH is 1. The van der Waals surface area contributed by atoms with Crippen LogP contribution in [0.5, 0.6) is 5.75 Å². The molecule has 0 spiro atoms. The molecule has 4 atom stereocenters. The number of aromatic amines is 1. The van der Waals surface area contributed by atoms with Crippen molar-refractivity contribution in [1.82, 2.24) is 9.55 Å². The van der Waals surface area contributed by atoms with Crippen LogP contribution in [0.3, 0.4) is 0 Å². The van der Waals surface area contributed by atoms with Crippen molar-refractivity contribution in [3.63, 3.8) is 0 Å². The van der Waals surface area contributed by atoms with Gasteiger partial charge in [0.2, 0.25) is 5.72 Å². The predicted octanol–water partition coefficient (Wildman–Crippen LogP) is 0.796. The highest BCUT2D eigenvalue weighted by atomic mass is 16.8. The Morgan fingerprint density at radius 3 is 2.50 bits per heavy atom. The third-order valence-corrected chi connectivity index (χ3v) is 5.49. The Hall–Kier alpha value is -2.46. The van der Waals surface area contributed by atoms with E-state index in [-0.39, 0.29) is 6.61 Å². The van der Waals surface area contributed by atoms with Crippen LogP contribution in [0.4, 0.5) is 0 Å². The van der Waals surface area contributed by atoms with Gasteiger partial charge < -0.3 is 24.1 Å². The number of rotatable bonds is 5. The summed E-state index contributed by atoms with van der Waals surface area (Å²) in [5.74, 6) is -0.278. The SMILES string of the molecule is Cc1ccc(OC[C@H]2O[C@](CO)(n3cc(C)c(=O)[nH]c3=O)[C@@H]3OC(C)(C)O[C@@H]32)cc1. The van der Waals surface area contributed by atoms with E-state index in [4.69, 9.17) is 18.9 Å². The molecule has 2 fully saturated rings. The van der Waals surface area contributed by atoms with Gasteiger partial charge in [-0.1, -0.05) is 17.7 Å².